The average molecular weight is 181 g/mol. The Balaban J connectivity index is 2.19. The summed E-state index contributed by atoms with van der Waals surface area (Å²) in [5, 5.41) is 0. The van der Waals surface area contributed by atoms with Gasteiger partial charge in [-0.25, -0.2) is 0 Å². The molecule has 0 nitrogen and oxygen atoms in total. The molecular formula is C3H7BI-. The number of alkyl halides is 1. The summed E-state index contributed by atoms with van der Waals surface area (Å²) < 4.78 is 1.28. The van der Waals surface area contributed by atoms with Crippen LogP contribution in [0.1, 0.15) is 13.3 Å². The Morgan fingerprint density at radius 1 is 1.80 bits per heavy atom. The molecule has 0 aromatic heterocycles. The van der Waals surface area contributed by atoms with Crippen molar-refractivity contribution in [2.75, 3.05) is 4.43 Å². The van der Waals surface area contributed by atoms with Crippen LogP contribution in [0.3, 0.4) is 0 Å². The van der Waals surface area contributed by atoms with Crippen molar-refractivity contribution < 1.29 is 21.0 Å². The molecule has 2 radical (unpaired) electrons. The standard InChI is InChI=1S/C3H7BI/c1-2-3-5-4/h2-3H2,1H3/q-1. The molecule has 0 saturated carbocycles. The minimum absolute atomic E-state index is 0.107. The first-order valence-corrected chi connectivity index (χ1v) is 4.46. The van der Waals surface area contributed by atoms with E-state index in [1.165, 1.54) is 10.8 Å². The number of hydrogen-bond donors (Lipinski definition) is 0. The van der Waals surface area contributed by atoms with E-state index in [0.29, 0.717) is 0 Å². The van der Waals surface area contributed by atoms with Crippen molar-refractivity contribution in [3.05, 3.63) is 0 Å². The molecule has 0 rings (SSSR count). The van der Waals surface area contributed by atoms with Gasteiger partial charge in [0.25, 0.3) is 0 Å². The van der Waals surface area contributed by atoms with Crippen LogP contribution in [-0.4, -0.2) is 10.1 Å². The third-order valence-corrected chi connectivity index (χ3v) is 2.00. The molecular weight excluding hydrogens is 174 g/mol. The Labute approximate surface area is 44.7 Å². The summed E-state index contributed by atoms with van der Waals surface area (Å²) in [7, 11) is 0. The van der Waals surface area contributed by atoms with E-state index < -0.39 is 0 Å². The predicted molar refractivity (Wildman–Crippen MR) is 20.9 cm³/mol. The molecule has 2 heteroatoms. The van der Waals surface area contributed by atoms with E-state index in [2.05, 4.69) is 6.92 Å². The topological polar surface area (TPSA) is 0 Å². The van der Waals surface area contributed by atoms with Crippen molar-refractivity contribution in [3.63, 3.8) is 0 Å². The second-order valence-electron chi connectivity index (χ2n) is 0.843. The molecule has 0 aliphatic heterocycles. The van der Waals surface area contributed by atoms with Gasteiger partial charge < -0.3 is 0 Å². The van der Waals surface area contributed by atoms with E-state index in [1.54, 1.807) is 0 Å². The second-order valence-corrected chi connectivity index (χ2v) is 2.80. The third-order valence-electron chi connectivity index (χ3n) is 0.298. The predicted octanol–water partition coefficient (Wildman–Crippen LogP) is -2.43. The second kappa shape index (κ2) is 4.79. The van der Waals surface area contributed by atoms with Crippen LogP contribution in [-0.2, 0) is 0 Å². The molecule has 0 heterocycles. The van der Waals surface area contributed by atoms with E-state index >= 15 is 0 Å². The molecule has 0 fully saturated rings. The van der Waals surface area contributed by atoms with Crippen LogP contribution in [0.4, 0.5) is 0 Å². The first kappa shape index (κ1) is 5.79. The summed E-state index contributed by atoms with van der Waals surface area (Å²) in [5.41, 5.74) is 5.25. The summed E-state index contributed by atoms with van der Waals surface area (Å²) in [6.45, 7) is 2.16. The molecule has 0 aliphatic carbocycles. The zero-order valence-corrected chi connectivity index (χ0v) is 5.53. The molecule has 30 valence electrons. The van der Waals surface area contributed by atoms with E-state index in [-0.39, 0.29) is 21.0 Å². The summed E-state index contributed by atoms with van der Waals surface area (Å²) in [6.07, 6.45) is 1.27. The first-order chi connectivity index (χ1) is 2.41. The van der Waals surface area contributed by atoms with Crippen LogP contribution in [0.5, 0.6) is 0 Å². The zero-order chi connectivity index (χ0) is 4.12. The van der Waals surface area contributed by atoms with Crippen LogP contribution < -0.4 is 21.0 Å². The number of halogens is 1. The van der Waals surface area contributed by atoms with E-state index in [9.17, 15) is 0 Å². The van der Waals surface area contributed by atoms with Crippen LogP contribution >= 0.6 is 0 Å². The van der Waals surface area contributed by atoms with Crippen molar-refractivity contribution in [1.82, 2.24) is 0 Å². The van der Waals surface area contributed by atoms with Crippen molar-refractivity contribution in [1.29, 1.82) is 0 Å². The number of hydrogen-bond acceptors (Lipinski definition) is 0. The minimum atomic E-state index is 0.107. The maximum atomic E-state index is 5.25. The Bertz CT molecular complexity index is 14.4. The molecule has 0 aromatic carbocycles. The van der Waals surface area contributed by atoms with Gasteiger partial charge in [0.15, 0.2) is 0 Å². The maximum absolute atomic E-state index is 5.25. The molecule has 0 bridgehead atoms. The molecule has 0 aliphatic rings. The molecule has 0 saturated heterocycles. The van der Waals surface area contributed by atoms with Crippen molar-refractivity contribution in [3.8, 4) is 0 Å². The molecule has 0 unspecified atom stereocenters. The Morgan fingerprint density at radius 3 is 2.40 bits per heavy atom. The van der Waals surface area contributed by atoms with Gasteiger partial charge in [-0.05, 0) is 0 Å². The van der Waals surface area contributed by atoms with Gasteiger partial charge in [0, 0.05) is 0 Å². The van der Waals surface area contributed by atoms with Gasteiger partial charge >= 0.3 is 44.5 Å². The summed E-state index contributed by atoms with van der Waals surface area (Å²) in [4.78, 5) is 0. The molecule has 0 N–H and O–H groups in total. The molecule has 0 atom stereocenters. The quantitative estimate of drug-likeness (QED) is 0.252. The van der Waals surface area contributed by atoms with Gasteiger partial charge in [0.1, 0.15) is 0 Å². The van der Waals surface area contributed by atoms with Crippen LogP contribution in [0.2, 0.25) is 0 Å². The summed E-state index contributed by atoms with van der Waals surface area (Å²) in [6, 6.07) is 0. The van der Waals surface area contributed by atoms with Crippen LogP contribution in [0, 0.1) is 0 Å². The Hall–Kier alpha value is 0.795. The summed E-state index contributed by atoms with van der Waals surface area (Å²) in [5.74, 6) is 0. The zero-order valence-electron chi connectivity index (χ0n) is 3.37. The fraction of sp³-hybridized carbons (Fsp3) is 1.00. The SMILES string of the molecule is [B][I-]CCC. The van der Waals surface area contributed by atoms with E-state index in [4.69, 9.17) is 5.70 Å². The van der Waals surface area contributed by atoms with Gasteiger partial charge in [0.2, 0.25) is 0 Å². The third kappa shape index (κ3) is 4.79. The molecule has 0 amide bonds. The van der Waals surface area contributed by atoms with E-state index in [1.807, 2.05) is 0 Å². The first-order valence-electron chi connectivity index (χ1n) is 1.69. The van der Waals surface area contributed by atoms with Crippen molar-refractivity contribution in [2.45, 2.75) is 13.3 Å². The fourth-order valence-electron chi connectivity index (χ4n) is 0.109. The molecule has 0 aromatic rings. The van der Waals surface area contributed by atoms with E-state index in [0.717, 1.165) is 0 Å². The molecule has 0 spiro atoms. The average Bonchev–Trinajstić information content (AvgIpc) is 1.41. The van der Waals surface area contributed by atoms with Crippen molar-refractivity contribution >= 4 is 5.70 Å². The summed E-state index contributed by atoms with van der Waals surface area (Å²) >= 11 is 0.107. The van der Waals surface area contributed by atoms with Gasteiger partial charge in [0.05, 0.1) is 0 Å². The molecule has 5 heavy (non-hydrogen) atoms. The van der Waals surface area contributed by atoms with Crippen LogP contribution in [0.25, 0.3) is 0 Å². The van der Waals surface area contributed by atoms with Crippen LogP contribution in [0.15, 0.2) is 0 Å². The Morgan fingerprint density at radius 2 is 2.40 bits per heavy atom. The van der Waals surface area contributed by atoms with Crippen molar-refractivity contribution in [2.24, 2.45) is 0 Å². The normalized spacial score (nSPS) is 9.00. The van der Waals surface area contributed by atoms with Gasteiger partial charge in [-0.15, -0.1) is 0 Å². The Kier molecular flexibility index (Phi) is 5.56. The monoisotopic (exact) mass is 181 g/mol. The fourth-order valence-corrected chi connectivity index (χ4v) is 0.732. The number of rotatable bonds is 2. The van der Waals surface area contributed by atoms with Gasteiger partial charge in [-0.2, -0.15) is 0 Å². The van der Waals surface area contributed by atoms with Gasteiger partial charge in [-0.3, -0.25) is 0 Å². The van der Waals surface area contributed by atoms with Gasteiger partial charge in [-0.1, -0.05) is 0 Å².